The third-order valence-corrected chi connectivity index (χ3v) is 9.41. The smallest absolute Gasteiger partial charge is 0.258 e. The van der Waals surface area contributed by atoms with Gasteiger partial charge >= 0.3 is 0 Å². The highest BCUT2D eigenvalue weighted by Gasteiger charge is 2.18. The molecule has 12 nitrogen and oxygen atoms in total. The Morgan fingerprint density at radius 2 is 1.25 bits per heavy atom. The van der Waals surface area contributed by atoms with Crippen molar-refractivity contribution in [3.05, 3.63) is 118 Å². The molecule has 0 saturated carbocycles. The first kappa shape index (κ1) is 32.5. The van der Waals surface area contributed by atoms with E-state index in [0.29, 0.717) is 47.7 Å². The van der Waals surface area contributed by atoms with Gasteiger partial charge in [0, 0.05) is 87.5 Å². The molecule has 3 aliphatic heterocycles. The molecule has 9 rings (SSSR count). The second kappa shape index (κ2) is 14.3. The van der Waals surface area contributed by atoms with E-state index in [1.165, 1.54) is 0 Å². The Kier molecular flexibility index (Phi) is 9.08. The molecule has 2 aromatic carbocycles. The minimum Gasteiger partial charge on any atom is -0.486 e. The molecule has 2 N–H and O–H groups in total. The fourth-order valence-electron chi connectivity index (χ4n) is 6.75. The summed E-state index contributed by atoms with van der Waals surface area (Å²) < 4.78 is 14.5. The maximum Gasteiger partial charge on any atom is 0.258 e. The van der Waals surface area contributed by atoms with E-state index >= 15 is 0 Å². The maximum atomic E-state index is 12.8. The lowest BCUT2D eigenvalue weighted by molar-refractivity contribution is 0.171. The van der Waals surface area contributed by atoms with Gasteiger partial charge < -0.3 is 29.9 Å². The normalized spacial score (nSPS) is 17.2. The SMILES string of the molecule is C[C@H]1CN(c2ccc3nc(-c4ccc5c(c4)OCCO5)cc(=O)n3c2)CCN1.O=c1cc(-c2ccccc2)nc2ccc(N3CCNCC3)cn12. The summed E-state index contributed by atoms with van der Waals surface area (Å²) >= 11 is 0. The van der Waals surface area contributed by atoms with Gasteiger partial charge in [-0.1, -0.05) is 30.3 Å². The fourth-order valence-corrected chi connectivity index (χ4v) is 6.75. The van der Waals surface area contributed by atoms with Crippen LogP contribution in [-0.4, -0.2) is 83.8 Å². The lowest BCUT2D eigenvalue weighted by atomic mass is 10.1. The summed E-state index contributed by atoms with van der Waals surface area (Å²) in [4.78, 5) is 39.2. The third-order valence-electron chi connectivity index (χ3n) is 9.41. The van der Waals surface area contributed by atoms with Crippen LogP contribution in [0.3, 0.4) is 0 Å². The molecule has 3 aliphatic rings. The van der Waals surface area contributed by atoms with Crippen molar-refractivity contribution in [2.45, 2.75) is 13.0 Å². The highest BCUT2D eigenvalue weighted by molar-refractivity contribution is 5.67. The molecular formula is C39H40N8O4. The van der Waals surface area contributed by atoms with Gasteiger partial charge in [0.05, 0.1) is 22.8 Å². The van der Waals surface area contributed by atoms with Gasteiger partial charge in [0.15, 0.2) is 11.5 Å². The van der Waals surface area contributed by atoms with Crippen molar-refractivity contribution in [2.24, 2.45) is 0 Å². The van der Waals surface area contributed by atoms with Crippen molar-refractivity contribution in [3.8, 4) is 34.0 Å². The number of aromatic nitrogens is 4. The molecular weight excluding hydrogens is 644 g/mol. The number of hydrogen-bond donors (Lipinski definition) is 2. The van der Waals surface area contributed by atoms with Crippen molar-refractivity contribution in [3.63, 3.8) is 0 Å². The number of rotatable bonds is 4. The number of hydrogen-bond acceptors (Lipinski definition) is 10. The van der Waals surface area contributed by atoms with Crippen molar-refractivity contribution in [1.82, 2.24) is 29.4 Å². The van der Waals surface area contributed by atoms with Crippen LogP contribution in [0.15, 0.2) is 107 Å². The number of anilines is 2. The molecule has 0 bridgehead atoms. The zero-order valence-electron chi connectivity index (χ0n) is 28.5. The second-order valence-corrected chi connectivity index (χ2v) is 13.0. The summed E-state index contributed by atoms with van der Waals surface area (Å²) in [6.45, 7) is 9.88. The molecule has 2 saturated heterocycles. The molecule has 6 aromatic rings. The van der Waals surface area contributed by atoms with Crippen LogP contribution in [0.4, 0.5) is 11.4 Å². The molecule has 2 fully saturated rings. The van der Waals surface area contributed by atoms with E-state index in [0.717, 1.165) is 74.1 Å². The van der Waals surface area contributed by atoms with Crippen LogP contribution < -0.4 is 41.0 Å². The van der Waals surface area contributed by atoms with Gasteiger partial charge in [0.2, 0.25) is 0 Å². The Bertz CT molecular complexity index is 2300. The highest BCUT2D eigenvalue weighted by atomic mass is 16.6. The van der Waals surface area contributed by atoms with Gasteiger partial charge in [-0.15, -0.1) is 0 Å². The maximum absolute atomic E-state index is 12.8. The zero-order valence-corrected chi connectivity index (χ0v) is 28.5. The highest BCUT2D eigenvalue weighted by Crippen LogP contribution is 2.34. The van der Waals surface area contributed by atoms with Crippen LogP contribution in [0, 0.1) is 0 Å². The number of benzene rings is 2. The third kappa shape index (κ3) is 7.01. The van der Waals surface area contributed by atoms with Crippen molar-refractivity contribution in [2.75, 3.05) is 68.8 Å². The predicted octanol–water partition coefficient (Wildman–Crippen LogP) is 3.70. The Morgan fingerprint density at radius 1 is 0.647 bits per heavy atom. The number of nitrogens with zero attached hydrogens (tertiary/aromatic N) is 6. The minimum absolute atomic E-state index is 0.0502. The van der Waals surface area contributed by atoms with Gasteiger partial charge in [0.25, 0.3) is 11.1 Å². The summed E-state index contributed by atoms with van der Waals surface area (Å²) in [5.74, 6) is 1.41. The van der Waals surface area contributed by atoms with Crippen molar-refractivity contribution in [1.29, 1.82) is 0 Å². The minimum atomic E-state index is -0.0973. The van der Waals surface area contributed by atoms with E-state index in [-0.39, 0.29) is 11.1 Å². The Labute approximate surface area is 294 Å². The molecule has 0 unspecified atom stereocenters. The Hall–Kier alpha value is -5.72. The molecule has 7 heterocycles. The molecule has 12 heteroatoms. The van der Waals surface area contributed by atoms with Gasteiger partial charge in [-0.25, -0.2) is 9.97 Å². The first-order chi connectivity index (χ1) is 25.0. The number of piperazine rings is 2. The number of nitrogens with one attached hydrogen (secondary N) is 2. The number of ether oxygens (including phenoxy) is 2. The van der Waals surface area contributed by atoms with Crippen LogP contribution in [0.25, 0.3) is 33.8 Å². The summed E-state index contributed by atoms with van der Waals surface area (Å²) in [5.41, 5.74) is 6.40. The Balaban J connectivity index is 0.000000150. The quantitative estimate of drug-likeness (QED) is 0.285. The van der Waals surface area contributed by atoms with Crippen LogP contribution in [0.1, 0.15) is 6.92 Å². The summed E-state index contributed by atoms with van der Waals surface area (Å²) in [7, 11) is 0. The van der Waals surface area contributed by atoms with Crippen LogP contribution >= 0.6 is 0 Å². The lowest BCUT2D eigenvalue weighted by Gasteiger charge is -2.33. The molecule has 1 atom stereocenters. The van der Waals surface area contributed by atoms with E-state index in [2.05, 4.69) is 32.3 Å². The molecule has 0 spiro atoms. The second-order valence-electron chi connectivity index (χ2n) is 13.0. The predicted molar refractivity (Wildman–Crippen MR) is 200 cm³/mol. The van der Waals surface area contributed by atoms with E-state index in [4.69, 9.17) is 14.5 Å². The van der Waals surface area contributed by atoms with E-state index in [9.17, 15) is 9.59 Å². The molecule has 0 aliphatic carbocycles. The average molecular weight is 685 g/mol. The molecule has 0 amide bonds. The van der Waals surface area contributed by atoms with E-state index in [1.807, 2.05) is 85.2 Å². The zero-order chi connectivity index (χ0) is 34.7. The van der Waals surface area contributed by atoms with Gasteiger partial charge in [-0.05, 0) is 49.4 Å². The van der Waals surface area contributed by atoms with Crippen LogP contribution in [-0.2, 0) is 0 Å². The van der Waals surface area contributed by atoms with E-state index in [1.54, 1.807) is 20.9 Å². The largest absolute Gasteiger partial charge is 0.486 e. The summed E-state index contributed by atoms with van der Waals surface area (Å²) in [5, 5.41) is 6.77. The van der Waals surface area contributed by atoms with Gasteiger partial charge in [-0.2, -0.15) is 0 Å². The topological polar surface area (TPSA) is 118 Å². The number of pyridine rings is 2. The lowest BCUT2D eigenvalue weighted by Crippen LogP contribution is -2.49. The Morgan fingerprint density at radius 3 is 1.92 bits per heavy atom. The van der Waals surface area contributed by atoms with E-state index < -0.39 is 0 Å². The molecule has 4 aromatic heterocycles. The van der Waals surface area contributed by atoms with Crippen LogP contribution in [0.2, 0.25) is 0 Å². The standard InChI is InChI=1S/C21H22N4O3.C18H18N4O/c1-14-12-24(7-6-22-14)16-3-5-20-23-17(11-21(26)25(20)13-16)15-2-4-18-19(10-15)28-9-8-27-18;23-18-12-16(14-4-2-1-3-5-14)20-17-7-6-15(13-22(17)18)21-10-8-19-9-11-21/h2-5,10-11,13-14,22H,6-9,12H2,1H3;1-7,12-13,19H,8-11H2/t14-;/m0./s1. The molecule has 0 radical (unpaired) electrons. The first-order valence-corrected chi connectivity index (χ1v) is 17.4. The van der Waals surface area contributed by atoms with Crippen molar-refractivity contribution >= 4 is 22.7 Å². The molecule has 260 valence electrons. The van der Waals surface area contributed by atoms with Crippen LogP contribution in [0.5, 0.6) is 11.5 Å². The van der Waals surface area contributed by atoms with Gasteiger partial charge in [0.1, 0.15) is 24.5 Å². The first-order valence-electron chi connectivity index (χ1n) is 17.4. The molecule has 51 heavy (non-hydrogen) atoms. The average Bonchev–Trinajstić information content (AvgIpc) is 3.18. The monoisotopic (exact) mass is 684 g/mol. The fraction of sp³-hybridized carbons (Fsp3) is 0.282. The van der Waals surface area contributed by atoms with Crippen molar-refractivity contribution < 1.29 is 9.47 Å². The summed E-state index contributed by atoms with van der Waals surface area (Å²) in [6.07, 6.45) is 3.78. The number of fused-ring (bicyclic) bond motifs is 3. The van der Waals surface area contributed by atoms with Gasteiger partial charge in [-0.3, -0.25) is 18.4 Å². The summed E-state index contributed by atoms with van der Waals surface area (Å²) in [6, 6.07) is 26.9.